The predicted octanol–water partition coefficient (Wildman–Crippen LogP) is 1.34. The maximum atomic E-state index is 5.69. The zero-order chi connectivity index (χ0) is 7.03. The highest BCUT2D eigenvalue weighted by Crippen LogP contribution is 2.40. The smallest absolute Gasteiger partial charge is 0.0754 e. The van der Waals surface area contributed by atoms with Gasteiger partial charge in [-0.15, -0.1) is 0 Å². The van der Waals surface area contributed by atoms with E-state index in [1.54, 1.807) is 0 Å². The lowest BCUT2D eigenvalue weighted by atomic mass is 9.83. The van der Waals surface area contributed by atoms with E-state index in [-0.39, 0.29) is 5.60 Å². The van der Waals surface area contributed by atoms with E-state index in [0.29, 0.717) is 6.10 Å². The molecule has 2 heteroatoms. The summed E-state index contributed by atoms with van der Waals surface area (Å²) in [4.78, 5) is 0. The third kappa shape index (κ3) is 0.956. The van der Waals surface area contributed by atoms with E-state index in [4.69, 9.17) is 9.47 Å². The SMILES string of the molecule is C[C@@H]1CC2(CCOCC2)O1. The molecule has 0 aromatic carbocycles. The monoisotopic (exact) mass is 142 g/mol. The van der Waals surface area contributed by atoms with E-state index in [0.717, 1.165) is 26.1 Å². The highest BCUT2D eigenvalue weighted by atomic mass is 16.5. The molecule has 58 valence electrons. The Morgan fingerprint density at radius 2 is 1.90 bits per heavy atom. The van der Waals surface area contributed by atoms with Gasteiger partial charge in [0.15, 0.2) is 0 Å². The highest BCUT2D eigenvalue weighted by Gasteiger charge is 2.44. The van der Waals surface area contributed by atoms with Gasteiger partial charge in [-0.3, -0.25) is 0 Å². The Labute approximate surface area is 61.5 Å². The van der Waals surface area contributed by atoms with E-state index in [9.17, 15) is 0 Å². The van der Waals surface area contributed by atoms with Crippen LogP contribution in [-0.4, -0.2) is 24.9 Å². The van der Waals surface area contributed by atoms with Crippen LogP contribution in [0.5, 0.6) is 0 Å². The molecule has 0 amide bonds. The van der Waals surface area contributed by atoms with Crippen molar-refractivity contribution in [1.82, 2.24) is 0 Å². The van der Waals surface area contributed by atoms with Crippen molar-refractivity contribution >= 4 is 0 Å². The summed E-state index contributed by atoms with van der Waals surface area (Å²) in [5, 5.41) is 0. The van der Waals surface area contributed by atoms with Gasteiger partial charge in [0.05, 0.1) is 11.7 Å². The van der Waals surface area contributed by atoms with E-state index < -0.39 is 0 Å². The molecule has 10 heavy (non-hydrogen) atoms. The molecule has 2 heterocycles. The first-order valence-electron chi connectivity index (χ1n) is 4.06. The lowest BCUT2D eigenvalue weighted by Gasteiger charge is -2.48. The van der Waals surface area contributed by atoms with Crippen LogP contribution in [0.25, 0.3) is 0 Å². The van der Waals surface area contributed by atoms with Gasteiger partial charge in [0.2, 0.25) is 0 Å². The van der Waals surface area contributed by atoms with Gasteiger partial charge in [0, 0.05) is 19.6 Å². The van der Waals surface area contributed by atoms with Crippen molar-refractivity contribution < 1.29 is 9.47 Å². The molecule has 1 spiro atoms. The lowest BCUT2D eigenvalue weighted by Crippen LogP contribution is -2.52. The van der Waals surface area contributed by atoms with Crippen LogP contribution in [0.1, 0.15) is 26.2 Å². The number of rotatable bonds is 0. The molecule has 2 saturated heterocycles. The summed E-state index contributed by atoms with van der Waals surface area (Å²) in [7, 11) is 0. The maximum Gasteiger partial charge on any atom is 0.0754 e. The van der Waals surface area contributed by atoms with Crippen LogP contribution < -0.4 is 0 Å². The summed E-state index contributed by atoms with van der Waals surface area (Å²) in [5.41, 5.74) is 0.248. The molecule has 1 atom stereocenters. The minimum absolute atomic E-state index is 0.248. The van der Waals surface area contributed by atoms with Gasteiger partial charge in [0.25, 0.3) is 0 Å². The zero-order valence-electron chi connectivity index (χ0n) is 6.43. The molecule has 2 fully saturated rings. The summed E-state index contributed by atoms with van der Waals surface area (Å²) < 4.78 is 10.9. The second-order valence-corrected chi connectivity index (χ2v) is 3.43. The van der Waals surface area contributed by atoms with Crippen LogP contribution in [0.2, 0.25) is 0 Å². The topological polar surface area (TPSA) is 18.5 Å². The predicted molar refractivity (Wildman–Crippen MR) is 37.9 cm³/mol. The van der Waals surface area contributed by atoms with E-state index in [1.807, 2.05) is 0 Å². The average Bonchev–Trinajstić information content (AvgIpc) is 1.87. The number of hydrogen-bond donors (Lipinski definition) is 0. The fourth-order valence-electron chi connectivity index (χ4n) is 2.01. The fourth-order valence-corrected chi connectivity index (χ4v) is 2.01. The largest absolute Gasteiger partial charge is 0.381 e. The normalized spacial score (nSPS) is 37.5. The second-order valence-electron chi connectivity index (χ2n) is 3.43. The molecule has 0 aliphatic carbocycles. The highest BCUT2D eigenvalue weighted by molar-refractivity contribution is 4.93. The molecule has 2 nitrogen and oxygen atoms in total. The summed E-state index contributed by atoms with van der Waals surface area (Å²) in [6.07, 6.45) is 3.96. The summed E-state index contributed by atoms with van der Waals surface area (Å²) in [6, 6.07) is 0. The molecule has 2 aliphatic rings. The third-order valence-corrected chi connectivity index (χ3v) is 2.51. The maximum absolute atomic E-state index is 5.69. The van der Waals surface area contributed by atoms with E-state index in [1.165, 1.54) is 6.42 Å². The van der Waals surface area contributed by atoms with Gasteiger partial charge < -0.3 is 9.47 Å². The van der Waals surface area contributed by atoms with Crippen LogP contribution in [0.3, 0.4) is 0 Å². The molecule has 0 bridgehead atoms. The van der Waals surface area contributed by atoms with Crippen LogP contribution in [0, 0.1) is 0 Å². The molecular formula is C8H14O2. The molecule has 2 aliphatic heterocycles. The Morgan fingerprint density at radius 1 is 1.30 bits per heavy atom. The number of hydrogen-bond acceptors (Lipinski definition) is 2. The first-order valence-corrected chi connectivity index (χ1v) is 4.06. The Kier molecular flexibility index (Phi) is 1.46. The van der Waals surface area contributed by atoms with Crippen molar-refractivity contribution in [3.05, 3.63) is 0 Å². The van der Waals surface area contributed by atoms with Crippen LogP contribution in [-0.2, 0) is 9.47 Å². The standard InChI is InChI=1S/C8H14O2/c1-7-6-8(10-7)2-4-9-5-3-8/h7H,2-6H2,1H3/t7-/m1/s1. The first kappa shape index (κ1) is 6.62. The van der Waals surface area contributed by atoms with Crippen molar-refractivity contribution in [1.29, 1.82) is 0 Å². The summed E-state index contributed by atoms with van der Waals surface area (Å²) >= 11 is 0. The molecule has 0 aromatic heterocycles. The summed E-state index contributed by atoms with van der Waals surface area (Å²) in [5.74, 6) is 0. The first-order chi connectivity index (χ1) is 4.81. The molecule has 0 aromatic rings. The quantitative estimate of drug-likeness (QED) is 0.508. The lowest BCUT2D eigenvalue weighted by molar-refractivity contribution is -0.229. The van der Waals surface area contributed by atoms with Crippen molar-refractivity contribution in [2.45, 2.75) is 37.9 Å². The van der Waals surface area contributed by atoms with Crippen LogP contribution >= 0.6 is 0 Å². The third-order valence-electron chi connectivity index (χ3n) is 2.51. The van der Waals surface area contributed by atoms with Gasteiger partial charge in [-0.05, 0) is 19.8 Å². The van der Waals surface area contributed by atoms with E-state index in [2.05, 4.69) is 6.92 Å². The Bertz CT molecular complexity index is 112. The molecular weight excluding hydrogens is 128 g/mol. The van der Waals surface area contributed by atoms with Crippen molar-refractivity contribution in [2.75, 3.05) is 13.2 Å². The van der Waals surface area contributed by atoms with Crippen molar-refractivity contribution in [3.8, 4) is 0 Å². The van der Waals surface area contributed by atoms with Crippen molar-refractivity contribution in [3.63, 3.8) is 0 Å². The molecule has 0 N–H and O–H groups in total. The van der Waals surface area contributed by atoms with Crippen LogP contribution in [0.15, 0.2) is 0 Å². The second kappa shape index (κ2) is 2.21. The summed E-state index contributed by atoms with van der Waals surface area (Å²) in [6.45, 7) is 3.93. The van der Waals surface area contributed by atoms with Gasteiger partial charge in [0.1, 0.15) is 0 Å². The Hall–Kier alpha value is -0.0800. The average molecular weight is 142 g/mol. The molecule has 0 unspecified atom stereocenters. The van der Waals surface area contributed by atoms with E-state index >= 15 is 0 Å². The van der Waals surface area contributed by atoms with Gasteiger partial charge in [-0.25, -0.2) is 0 Å². The fraction of sp³-hybridized carbons (Fsp3) is 1.00. The molecule has 0 saturated carbocycles. The molecule has 2 rings (SSSR count). The minimum atomic E-state index is 0.248. The Balaban J connectivity index is 1.90. The Morgan fingerprint density at radius 3 is 2.40 bits per heavy atom. The number of ether oxygens (including phenoxy) is 2. The zero-order valence-corrected chi connectivity index (χ0v) is 6.43. The van der Waals surface area contributed by atoms with Gasteiger partial charge in [-0.2, -0.15) is 0 Å². The van der Waals surface area contributed by atoms with Gasteiger partial charge >= 0.3 is 0 Å². The minimum Gasteiger partial charge on any atom is -0.381 e. The van der Waals surface area contributed by atoms with Crippen LogP contribution in [0.4, 0.5) is 0 Å². The van der Waals surface area contributed by atoms with Gasteiger partial charge in [-0.1, -0.05) is 0 Å². The van der Waals surface area contributed by atoms with Crippen molar-refractivity contribution in [2.24, 2.45) is 0 Å². The molecule has 0 radical (unpaired) electrons.